The number of aliphatic hydroxyl groups excluding tert-OH is 1. The summed E-state index contributed by atoms with van der Waals surface area (Å²) in [7, 11) is 0. The zero-order valence-corrected chi connectivity index (χ0v) is 12.1. The third-order valence-corrected chi connectivity index (χ3v) is 4.26. The number of rotatable bonds is 4. The van der Waals surface area contributed by atoms with Crippen LogP contribution in [0.1, 0.15) is 59.8 Å². The highest BCUT2D eigenvalue weighted by molar-refractivity contribution is 4.81. The Kier molecular flexibility index (Phi) is 5.94. The minimum Gasteiger partial charge on any atom is -0.396 e. The first-order valence-electron chi connectivity index (χ1n) is 7.27. The standard InChI is InChI=1S/C15H31NO/c1-12(11-17)10-16-14-7-5-6-13(8-9-14)15(2,3)4/h12-14,16-17H,5-11H2,1-4H3. The van der Waals surface area contributed by atoms with Crippen LogP contribution in [-0.4, -0.2) is 24.3 Å². The molecule has 0 amide bonds. The van der Waals surface area contributed by atoms with Gasteiger partial charge in [0.2, 0.25) is 0 Å². The first-order valence-corrected chi connectivity index (χ1v) is 7.27. The van der Waals surface area contributed by atoms with Crippen LogP contribution in [0.2, 0.25) is 0 Å². The van der Waals surface area contributed by atoms with Crippen molar-refractivity contribution in [2.24, 2.45) is 17.3 Å². The molecule has 2 N–H and O–H groups in total. The molecule has 0 aliphatic heterocycles. The molecule has 0 spiro atoms. The van der Waals surface area contributed by atoms with Crippen molar-refractivity contribution in [2.45, 2.75) is 65.8 Å². The van der Waals surface area contributed by atoms with Gasteiger partial charge in [0.15, 0.2) is 0 Å². The molecule has 0 aromatic rings. The van der Waals surface area contributed by atoms with Gasteiger partial charge < -0.3 is 10.4 Å². The first-order chi connectivity index (χ1) is 7.93. The van der Waals surface area contributed by atoms with E-state index in [0.29, 0.717) is 24.0 Å². The summed E-state index contributed by atoms with van der Waals surface area (Å²) >= 11 is 0. The summed E-state index contributed by atoms with van der Waals surface area (Å²) in [6.07, 6.45) is 6.71. The second-order valence-corrected chi connectivity index (χ2v) is 6.96. The molecule has 0 heterocycles. The first kappa shape index (κ1) is 15.0. The van der Waals surface area contributed by atoms with Crippen molar-refractivity contribution >= 4 is 0 Å². The van der Waals surface area contributed by atoms with E-state index in [-0.39, 0.29) is 0 Å². The molecule has 1 rings (SSSR count). The molecule has 2 heteroatoms. The van der Waals surface area contributed by atoms with E-state index in [2.05, 4.69) is 33.0 Å². The van der Waals surface area contributed by atoms with Crippen LogP contribution in [0.3, 0.4) is 0 Å². The fraction of sp³-hybridized carbons (Fsp3) is 1.00. The summed E-state index contributed by atoms with van der Waals surface area (Å²) in [5.74, 6) is 1.27. The van der Waals surface area contributed by atoms with E-state index < -0.39 is 0 Å². The summed E-state index contributed by atoms with van der Waals surface area (Å²) in [4.78, 5) is 0. The number of aliphatic hydroxyl groups is 1. The molecular weight excluding hydrogens is 210 g/mol. The van der Waals surface area contributed by atoms with Crippen LogP contribution in [0.5, 0.6) is 0 Å². The van der Waals surface area contributed by atoms with Crippen LogP contribution in [0.15, 0.2) is 0 Å². The summed E-state index contributed by atoms with van der Waals surface area (Å²) in [5.41, 5.74) is 0.466. The Morgan fingerprint density at radius 3 is 2.47 bits per heavy atom. The average Bonchev–Trinajstić information content (AvgIpc) is 2.50. The zero-order chi connectivity index (χ0) is 12.9. The Bertz CT molecular complexity index is 209. The van der Waals surface area contributed by atoms with Crippen LogP contribution >= 0.6 is 0 Å². The molecule has 3 atom stereocenters. The Morgan fingerprint density at radius 2 is 1.88 bits per heavy atom. The van der Waals surface area contributed by atoms with Gasteiger partial charge >= 0.3 is 0 Å². The molecule has 1 aliphatic carbocycles. The molecule has 0 radical (unpaired) electrons. The van der Waals surface area contributed by atoms with Crippen LogP contribution in [0, 0.1) is 17.3 Å². The van der Waals surface area contributed by atoms with Gasteiger partial charge in [-0.05, 0) is 42.9 Å². The van der Waals surface area contributed by atoms with Gasteiger partial charge in [-0.1, -0.05) is 34.1 Å². The molecule has 0 aromatic carbocycles. The topological polar surface area (TPSA) is 32.3 Å². The molecular formula is C15H31NO. The van der Waals surface area contributed by atoms with E-state index in [1.54, 1.807) is 0 Å². The van der Waals surface area contributed by atoms with Crippen molar-refractivity contribution in [1.82, 2.24) is 5.32 Å². The predicted octanol–water partition coefficient (Wildman–Crippen LogP) is 3.20. The van der Waals surface area contributed by atoms with Crippen molar-refractivity contribution in [2.75, 3.05) is 13.2 Å². The molecule has 0 saturated heterocycles. The maximum absolute atomic E-state index is 9.03. The van der Waals surface area contributed by atoms with E-state index in [4.69, 9.17) is 5.11 Å². The quantitative estimate of drug-likeness (QED) is 0.741. The Labute approximate surface area is 107 Å². The van der Waals surface area contributed by atoms with E-state index in [9.17, 15) is 0 Å². The lowest BCUT2D eigenvalue weighted by Crippen LogP contribution is -2.33. The SMILES string of the molecule is CC(CO)CNC1CCCC(C(C)(C)C)CC1. The summed E-state index contributed by atoms with van der Waals surface area (Å²) in [6.45, 7) is 10.5. The molecule has 1 fully saturated rings. The average molecular weight is 241 g/mol. The van der Waals surface area contributed by atoms with E-state index in [1.165, 1.54) is 32.1 Å². The van der Waals surface area contributed by atoms with Crippen molar-refractivity contribution in [3.05, 3.63) is 0 Å². The summed E-state index contributed by atoms with van der Waals surface area (Å²) < 4.78 is 0. The lowest BCUT2D eigenvalue weighted by molar-refractivity contribution is 0.211. The van der Waals surface area contributed by atoms with Crippen LogP contribution < -0.4 is 5.32 Å². The molecule has 2 nitrogen and oxygen atoms in total. The predicted molar refractivity (Wildman–Crippen MR) is 74.1 cm³/mol. The van der Waals surface area contributed by atoms with Gasteiger partial charge in [0.25, 0.3) is 0 Å². The fourth-order valence-corrected chi connectivity index (χ4v) is 2.80. The molecule has 3 unspecified atom stereocenters. The highest BCUT2D eigenvalue weighted by atomic mass is 16.3. The third-order valence-electron chi connectivity index (χ3n) is 4.26. The molecule has 1 aliphatic rings. The van der Waals surface area contributed by atoms with E-state index in [0.717, 1.165) is 12.5 Å². The van der Waals surface area contributed by atoms with Crippen molar-refractivity contribution < 1.29 is 5.11 Å². The lowest BCUT2D eigenvalue weighted by atomic mass is 9.76. The number of hydrogen-bond acceptors (Lipinski definition) is 2. The van der Waals surface area contributed by atoms with Gasteiger partial charge in [-0.15, -0.1) is 0 Å². The van der Waals surface area contributed by atoms with E-state index in [1.807, 2.05) is 0 Å². The van der Waals surface area contributed by atoms with Gasteiger partial charge in [-0.25, -0.2) is 0 Å². The van der Waals surface area contributed by atoms with Gasteiger partial charge in [-0.2, -0.15) is 0 Å². The zero-order valence-electron chi connectivity index (χ0n) is 12.1. The van der Waals surface area contributed by atoms with Gasteiger partial charge in [0.1, 0.15) is 0 Å². The van der Waals surface area contributed by atoms with Gasteiger partial charge in [0, 0.05) is 19.2 Å². The van der Waals surface area contributed by atoms with Crippen LogP contribution in [0.25, 0.3) is 0 Å². The van der Waals surface area contributed by atoms with Crippen LogP contribution in [-0.2, 0) is 0 Å². The minimum atomic E-state index is 0.296. The fourth-order valence-electron chi connectivity index (χ4n) is 2.80. The van der Waals surface area contributed by atoms with Crippen molar-refractivity contribution in [1.29, 1.82) is 0 Å². The maximum atomic E-state index is 9.03. The summed E-state index contributed by atoms with van der Waals surface area (Å²) in [5, 5.41) is 12.7. The molecule has 0 bridgehead atoms. The van der Waals surface area contributed by atoms with Crippen molar-refractivity contribution in [3.8, 4) is 0 Å². The highest BCUT2D eigenvalue weighted by Crippen LogP contribution is 2.36. The molecule has 102 valence electrons. The molecule has 0 aromatic heterocycles. The summed E-state index contributed by atoms with van der Waals surface area (Å²) in [6, 6.07) is 0.677. The van der Waals surface area contributed by atoms with Crippen molar-refractivity contribution in [3.63, 3.8) is 0 Å². The Hall–Kier alpha value is -0.0800. The normalized spacial score (nSPS) is 28.8. The number of nitrogens with one attached hydrogen (secondary N) is 1. The highest BCUT2D eigenvalue weighted by Gasteiger charge is 2.27. The number of hydrogen-bond donors (Lipinski definition) is 2. The second-order valence-electron chi connectivity index (χ2n) is 6.96. The van der Waals surface area contributed by atoms with E-state index >= 15 is 0 Å². The molecule has 17 heavy (non-hydrogen) atoms. The second kappa shape index (κ2) is 6.75. The monoisotopic (exact) mass is 241 g/mol. The largest absolute Gasteiger partial charge is 0.396 e. The Balaban J connectivity index is 2.32. The van der Waals surface area contributed by atoms with Gasteiger partial charge in [0.05, 0.1) is 0 Å². The smallest absolute Gasteiger partial charge is 0.0468 e. The maximum Gasteiger partial charge on any atom is 0.0468 e. The molecule has 1 saturated carbocycles. The lowest BCUT2D eigenvalue weighted by Gasteiger charge is -2.29. The van der Waals surface area contributed by atoms with Gasteiger partial charge in [-0.3, -0.25) is 0 Å². The minimum absolute atomic E-state index is 0.296. The Morgan fingerprint density at radius 1 is 1.18 bits per heavy atom. The third kappa shape index (κ3) is 5.39. The van der Waals surface area contributed by atoms with Crippen LogP contribution in [0.4, 0.5) is 0 Å².